The van der Waals surface area contributed by atoms with Gasteiger partial charge in [-0.3, -0.25) is 9.69 Å². The number of nitrogens with zero attached hydrogens (tertiary/aromatic N) is 2. The summed E-state index contributed by atoms with van der Waals surface area (Å²) < 4.78 is 0. The van der Waals surface area contributed by atoms with E-state index in [1.165, 1.54) is 0 Å². The zero-order valence-corrected chi connectivity index (χ0v) is 13.0. The van der Waals surface area contributed by atoms with Crippen molar-refractivity contribution in [3.05, 3.63) is 0 Å². The van der Waals surface area contributed by atoms with Gasteiger partial charge in [0, 0.05) is 31.7 Å². The molecule has 1 aliphatic heterocycles. The summed E-state index contributed by atoms with van der Waals surface area (Å²) in [6.45, 7) is 11.6. The Kier molecular flexibility index (Phi) is 5.93. The van der Waals surface area contributed by atoms with Gasteiger partial charge in [0.1, 0.15) is 0 Å². The largest absolute Gasteiger partial charge is 0.340 e. The predicted octanol–water partition coefficient (Wildman–Crippen LogP) is 2.49. The first kappa shape index (κ1) is 15.0. The van der Waals surface area contributed by atoms with E-state index in [2.05, 4.69) is 48.5 Å². The van der Waals surface area contributed by atoms with Crippen LogP contribution in [0.3, 0.4) is 0 Å². The van der Waals surface area contributed by atoms with Gasteiger partial charge in [-0.05, 0) is 40.5 Å². The van der Waals surface area contributed by atoms with Crippen LogP contribution in [-0.4, -0.2) is 52.3 Å². The van der Waals surface area contributed by atoms with Gasteiger partial charge in [0.25, 0.3) is 0 Å². The molecular weight excluding hydrogens is 280 g/mol. The molecule has 4 heteroatoms. The average molecular weight is 305 g/mol. The van der Waals surface area contributed by atoms with Gasteiger partial charge >= 0.3 is 0 Å². The molecule has 1 saturated heterocycles. The van der Waals surface area contributed by atoms with Crippen molar-refractivity contribution in [2.45, 2.75) is 57.4 Å². The van der Waals surface area contributed by atoms with Crippen molar-refractivity contribution >= 4 is 21.8 Å². The Bertz CT molecular complexity index is 248. The smallest absolute Gasteiger partial charge is 0.236 e. The quantitative estimate of drug-likeness (QED) is 0.729. The first-order valence-corrected chi connectivity index (χ1v) is 7.53. The molecule has 0 bridgehead atoms. The third-order valence-electron chi connectivity index (χ3n) is 3.42. The van der Waals surface area contributed by atoms with Gasteiger partial charge in [-0.2, -0.15) is 0 Å². The molecule has 17 heavy (non-hydrogen) atoms. The minimum absolute atomic E-state index is 0.0443. The van der Waals surface area contributed by atoms with Gasteiger partial charge in [0.05, 0.1) is 4.83 Å². The molecule has 0 aliphatic carbocycles. The van der Waals surface area contributed by atoms with Gasteiger partial charge < -0.3 is 4.90 Å². The molecule has 1 amide bonds. The SMILES string of the molecule is CC(C)N(CCN1CCCC(Br)C1=O)C(C)C. The second-order valence-electron chi connectivity index (χ2n) is 5.36. The summed E-state index contributed by atoms with van der Waals surface area (Å²) in [5, 5.41) is 0. The highest BCUT2D eigenvalue weighted by molar-refractivity contribution is 9.10. The molecule has 100 valence electrons. The van der Waals surface area contributed by atoms with Crippen LogP contribution in [0.5, 0.6) is 0 Å². The number of carbonyl (C=O) groups excluding carboxylic acids is 1. The molecule has 1 fully saturated rings. The van der Waals surface area contributed by atoms with Crippen molar-refractivity contribution in [3.63, 3.8) is 0 Å². The van der Waals surface area contributed by atoms with Crippen molar-refractivity contribution in [3.8, 4) is 0 Å². The first-order chi connectivity index (χ1) is 7.93. The van der Waals surface area contributed by atoms with Crippen LogP contribution < -0.4 is 0 Å². The molecule has 0 aromatic carbocycles. The fourth-order valence-electron chi connectivity index (χ4n) is 2.46. The van der Waals surface area contributed by atoms with E-state index in [-0.39, 0.29) is 10.7 Å². The Labute approximate surface area is 114 Å². The highest BCUT2D eigenvalue weighted by Crippen LogP contribution is 2.18. The van der Waals surface area contributed by atoms with E-state index in [0.717, 1.165) is 32.5 Å². The van der Waals surface area contributed by atoms with Crippen molar-refractivity contribution in [1.29, 1.82) is 0 Å². The van der Waals surface area contributed by atoms with Crippen LogP contribution in [-0.2, 0) is 4.79 Å². The Morgan fingerprint density at radius 1 is 1.35 bits per heavy atom. The van der Waals surface area contributed by atoms with Gasteiger partial charge in [0.2, 0.25) is 5.91 Å². The van der Waals surface area contributed by atoms with E-state index in [9.17, 15) is 4.79 Å². The number of carbonyl (C=O) groups is 1. The Hall–Kier alpha value is -0.0900. The Morgan fingerprint density at radius 2 is 1.94 bits per heavy atom. The molecule has 1 heterocycles. The lowest BCUT2D eigenvalue weighted by Gasteiger charge is -2.35. The Morgan fingerprint density at radius 3 is 2.47 bits per heavy atom. The van der Waals surface area contributed by atoms with Crippen LogP contribution in [0.25, 0.3) is 0 Å². The van der Waals surface area contributed by atoms with Crippen LogP contribution in [0.2, 0.25) is 0 Å². The van der Waals surface area contributed by atoms with Crippen LogP contribution >= 0.6 is 15.9 Å². The zero-order valence-electron chi connectivity index (χ0n) is 11.4. The Balaban J connectivity index is 2.45. The normalized spacial score (nSPS) is 22.0. The van der Waals surface area contributed by atoms with Crippen LogP contribution in [0, 0.1) is 0 Å². The first-order valence-electron chi connectivity index (χ1n) is 6.62. The van der Waals surface area contributed by atoms with Crippen molar-refractivity contribution < 1.29 is 4.79 Å². The third-order valence-corrected chi connectivity index (χ3v) is 4.27. The van der Waals surface area contributed by atoms with Gasteiger partial charge in [0.15, 0.2) is 0 Å². The lowest BCUT2D eigenvalue weighted by atomic mass is 10.1. The molecule has 0 aromatic rings. The topological polar surface area (TPSA) is 23.6 Å². The van der Waals surface area contributed by atoms with Crippen molar-refractivity contribution in [1.82, 2.24) is 9.80 Å². The molecule has 0 saturated carbocycles. The summed E-state index contributed by atoms with van der Waals surface area (Å²) in [7, 11) is 0. The molecule has 1 rings (SSSR count). The number of rotatable bonds is 5. The van der Waals surface area contributed by atoms with E-state index in [1.807, 2.05) is 4.90 Å². The number of piperidine rings is 1. The monoisotopic (exact) mass is 304 g/mol. The minimum atomic E-state index is 0.0443. The molecule has 3 nitrogen and oxygen atoms in total. The maximum Gasteiger partial charge on any atom is 0.236 e. The second-order valence-corrected chi connectivity index (χ2v) is 6.47. The minimum Gasteiger partial charge on any atom is -0.340 e. The van der Waals surface area contributed by atoms with Crippen molar-refractivity contribution in [2.24, 2.45) is 0 Å². The maximum atomic E-state index is 11.9. The summed E-state index contributed by atoms with van der Waals surface area (Å²) in [4.78, 5) is 16.4. The number of likely N-dealkylation sites (tertiary alicyclic amines) is 1. The predicted molar refractivity (Wildman–Crippen MR) is 75.5 cm³/mol. The number of halogens is 1. The maximum absolute atomic E-state index is 11.9. The number of amides is 1. The molecule has 1 aliphatic rings. The standard InChI is InChI=1S/C13H25BrN2O/c1-10(2)16(11(3)4)9-8-15-7-5-6-12(14)13(15)17/h10-12H,5-9H2,1-4H3. The third kappa shape index (κ3) is 4.25. The summed E-state index contributed by atoms with van der Waals surface area (Å²) in [6, 6.07) is 1.07. The molecular formula is C13H25BrN2O. The van der Waals surface area contributed by atoms with Gasteiger partial charge in [-0.15, -0.1) is 0 Å². The lowest BCUT2D eigenvalue weighted by molar-refractivity contribution is -0.132. The van der Waals surface area contributed by atoms with E-state index in [1.54, 1.807) is 0 Å². The summed E-state index contributed by atoms with van der Waals surface area (Å²) >= 11 is 3.45. The summed E-state index contributed by atoms with van der Waals surface area (Å²) in [5.41, 5.74) is 0. The van der Waals surface area contributed by atoms with Gasteiger partial charge in [-0.25, -0.2) is 0 Å². The van der Waals surface area contributed by atoms with E-state index in [0.29, 0.717) is 12.1 Å². The van der Waals surface area contributed by atoms with Crippen LogP contribution in [0.15, 0.2) is 0 Å². The lowest BCUT2D eigenvalue weighted by Crippen LogP contribution is -2.47. The number of hydrogen-bond acceptors (Lipinski definition) is 2. The second kappa shape index (κ2) is 6.74. The van der Waals surface area contributed by atoms with Crippen molar-refractivity contribution in [2.75, 3.05) is 19.6 Å². The molecule has 0 radical (unpaired) electrons. The summed E-state index contributed by atoms with van der Waals surface area (Å²) in [5.74, 6) is 0.267. The fourth-order valence-corrected chi connectivity index (χ4v) is 3.08. The van der Waals surface area contributed by atoms with E-state index < -0.39 is 0 Å². The van der Waals surface area contributed by atoms with E-state index >= 15 is 0 Å². The van der Waals surface area contributed by atoms with E-state index in [4.69, 9.17) is 0 Å². The number of hydrogen-bond donors (Lipinski definition) is 0. The van der Waals surface area contributed by atoms with Crippen LogP contribution in [0.4, 0.5) is 0 Å². The van der Waals surface area contributed by atoms with Gasteiger partial charge in [-0.1, -0.05) is 15.9 Å². The zero-order chi connectivity index (χ0) is 13.0. The highest BCUT2D eigenvalue weighted by atomic mass is 79.9. The molecule has 1 atom stereocenters. The number of alkyl halides is 1. The molecule has 1 unspecified atom stereocenters. The molecule has 0 N–H and O–H groups in total. The molecule has 0 spiro atoms. The summed E-state index contributed by atoms with van der Waals surface area (Å²) in [6.07, 6.45) is 2.10. The molecule has 0 aromatic heterocycles. The highest BCUT2D eigenvalue weighted by Gasteiger charge is 2.26. The fraction of sp³-hybridized carbons (Fsp3) is 0.923. The average Bonchev–Trinajstić information content (AvgIpc) is 2.23. The van der Waals surface area contributed by atoms with Crippen LogP contribution in [0.1, 0.15) is 40.5 Å².